The number of methoxy groups -OCH3 is 1. The Morgan fingerprint density at radius 3 is 2.67 bits per heavy atom. The normalized spacial score (nSPS) is 11.6. The molecular weight excluding hydrogens is 198 g/mol. The average molecular weight is 214 g/mol. The van der Waals surface area contributed by atoms with Crippen molar-refractivity contribution in [3.63, 3.8) is 0 Å². The van der Waals surface area contributed by atoms with Crippen molar-refractivity contribution in [1.29, 1.82) is 0 Å². The van der Waals surface area contributed by atoms with Gasteiger partial charge in [-0.3, -0.25) is 4.79 Å². The summed E-state index contributed by atoms with van der Waals surface area (Å²) in [5.74, 6) is 0.775. The standard InChI is InChI=1S/C7H15NO2S.ClH/c1-10-7(9)5-6(8)3-4-11-2;/h6H,3-5,8H2,1-2H3;1H/t6-;/m0./s1. The Balaban J connectivity index is 0. The van der Waals surface area contributed by atoms with E-state index in [2.05, 4.69) is 4.74 Å². The molecule has 0 unspecified atom stereocenters. The highest BCUT2D eigenvalue weighted by molar-refractivity contribution is 7.98. The second kappa shape index (κ2) is 9.16. The van der Waals surface area contributed by atoms with Crippen LogP contribution in [0, 0.1) is 0 Å². The molecule has 74 valence electrons. The highest BCUT2D eigenvalue weighted by atomic mass is 35.5. The third-order valence-electron chi connectivity index (χ3n) is 1.35. The number of ether oxygens (including phenoxy) is 1. The van der Waals surface area contributed by atoms with Gasteiger partial charge in [0, 0.05) is 6.04 Å². The molecule has 0 heterocycles. The summed E-state index contributed by atoms with van der Waals surface area (Å²) in [6.07, 6.45) is 3.22. The Labute approximate surface area is 83.8 Å². The van der Waals surface area contributed by atoms with Gasteiger partial charge in [-0.15, -0.1) is 12.4 Å². The third kappa shape index (κ3) is 8.17. The fourth-order valence-corrected chi connectivity index (χ4v) is 1.21. The van der Waals surface area contributed by atoms with Crippen LogP contribution in [0.4, 0.5) is 0 Å². The molecule has 0 amide bonds. The fourth-order valence-electron chi connectivity index (χ4n) is 0.669. The number of hydrogen-bond acceptors (Lipinski definition) is 4. The molecule has 0 aromatic rings. The third-order valence-corrected chi connectivity index (χ3v) is 1.99. The van der Waals surface area contributed by atoms with Gasteiger partial charge in [-0.05, 0) is 18.4 Å². The minimum Gasteiger partial charge on any atom is -0.469 e. The Hall–Kier alpha value is 0.0700. The van der Waals surface area contributed by atoms with Crippen molar-refractivity contribution < 1.29 is 9.53 Å². The maximum atomic E-state index is 10.7. The van der Waals surface area contributed by atoms with Crippen molar-refractivity contribution in [2.24, 2.45) is 5.73 Å². The van der Waals surface area contributed by atoms with Gasteiger partial charge in [0.15, 0.2) is 0 Å². The van der Waals surface area contributed by atoms with Crippen molar-refractivity contribution in [1.82, 2.24) is 0 Å². The number of esters is 1. The van der Waals surface area contributed by atoms with E-state index in [0.29, 0.717) is 6.42 Å². The van der Waals surface area contributed by atoms with Crippen LogP contribution in [0.3, 0.4) is 0 Å². The van der Waals surface area contributed by atoms with E-state index in [9.17, 15) is 4.79 Å². The molecular formula is C7H16ClNO2S. The molecule has 0 rings (SSSR count). The predicted molar refractivity (Wildman–Crippen MR) is 54.9 cm³/mol. The second-order valence-corrected chi connectivity index (χ2v) is 3.31. The first-order valence-corrected chi connectivity index (χ1v) is 4.91. The van der Waals surface area contributed by atoms with E-state index in [-0.39, 0.29) is 24.4 Å². The summed E-state index contributed by atoms with van der Waals surface area (Å²) in [6, 6.07) is -0.0464. The molecule has 1 atom stereocenters. The molecule has 0 aliphatic heterocycles. The van der Waals surface area contributed by atoms with Crippen LogP contribution >= 0.6 is 24.2 Å². The highest BCUT2D eigenvalue weighted by Gasteiger charge is 2.08. The largest absolute Gasteiger partial charge is 0.469 e. The summed E-state index contributed by atoms with van der Waals surface area (Å²) in [6.45, 7) is 0. The van der Waals surface area contributed by atoms with Crippen molar-refractivity contribution >= 4 is 30.1 Å². The molecule has 0 spiro atoms. The van der Waals surface area contributed by atoms with Gasteiger partial charge in [-0.25, -0.2) is 0 Å². The maximum Gasteiger partial charge on any atom is 0.307 e. The van der Waals surface area contributed by atoms with E-state index >= 15 is 0 Å². The lowest BCUT2D eigenvalue weighted by molar-refractivity contribution is -0.141. The van der Waals surface area contributed by atoms with E-state index in [4.69, 9.17) is 5.73 Å². The van der Waals surface area contributed by atoms with E-state index in [1.54, 1.807) is 11.8 Å². The average Bonchev–Trinajstić information content (AvgIpc) is 2.00. The summed E-state index contributed by atoms with van der Waals surface area (Å²) < 4.78 is 4.48. The van der Waals surface area contributed by atoms with Crippen LogP contribution in [-0.2, 0) is 9.53 Å². The lowest BCUT2D eigenvalue weighted by Gasteiger charge is -2.07. The van der Waals surface area contributed by atoms with Crippen molar-refractivity contribution in [3.8, 4) is 0 Å². The zero-order chi connectivity index (χ0) is 8.69. The Bertz CT molecular complexity index is 124. The monoisotopic (exact) mass is 213 g/mol. The zero-order valence-electron chi connectivity index (χ0n) is 7.41. The SMILES string of the molecule is COC(=O)C[C@@H](N)CCSC.Cl. The lowest BCUT2D eigenvalue weighted by atomic mass is 10.2. The number of carbonyl (C=O) groups excluding carboxylic acids is 1. The number of thioether (sulfide) groups is 1. The van der Waals surface area contributed by atoms with Gasteiger partial charge in [0.05, 0.1) is 13.5 Å². The zero-order valence-corrected chi connectivity index (χ0v) is 9.04. The van der Waals surface area contributed by atoms with Crippen LogP contribution in [0.2, 0.25) is 0 Å². The Morgan fingerprint density at radius 2 is 2.25 bits per heavy atom. The summed E-state index contributed by atoms with van der Waals surface area (Å²) >= 11 is 1.73. The number of carbonyl (C=O) groups is 1. The van der Waals surface area contributed by atoms with Crippen LogP contribution in [0.15, 0.2) is 0 Å². The lowest BCUT2D eigenvalue weighted by Crippen LogP contribution is -2.24. The van der Waals surface area contributed by atoms with Crippen LogP contribution in [0.5, 0.6) is 0 Å². The van der Waals surface area contributed by atoms with Gasteiger partial charge in [0.2, 0.25) is 0 Å². The maximum absolute atomic E-state index is 10.7. The fraction of sp³-hybridized carbons (Fsp3) is 0.857. The highest BCUT2D eigenvalue weighted by Crippen LogP contribution is 2.02. The predicted octanol–water partition coefficient (Wildman–Crippen LogP) is 1.05. The van der Waals surface area contributed by atoms with Crippen LogP contribution in [0.1, 0.15) is 12.8 Å². The van der Waals surface area contributed by atoms with Gasteiger partial charge in [-0.1, -0.05) is 0 Å². The summed E-state index contributed by atoms with van der Waals surface area (Å²) in [5.41, 5.74) is 5.62. The van der Waals surface area contributed by atoms with Crippen molar-refractivity contribution in [2.45, 2.75) is 18.9 Å². The number of hydrogen-bond donors (Lipinski definition) is 1. The van der Waals surface area contributed by atoms with Gasteiger partial charge < -0.3 is 10.5 Å². The first kappa shape index (κ1) is 14.6. The molecule has 0 aliphatic rings. The van der Waals surface area contributed by atoms with Crippen molar-refractivity contribution in [3.05, 3.63) is 0 Å². The number of nitrogens with two attached hydrogens (primary N) is 1. The first-order valence-electron chi connectivity index (χ1n) is 3.52. The van der Waals surface area contributed by atoms with Gasteiger partial charge >= 0.3 is 5.97 Å². The number of rotatable bonds is 5. The van der Waals surface area contributed by atoms with E-state index in [1.807, 2.05) is 6.26 Å². The molecule has 0 fully saturated rings. The van der Waals surface area contributed by atoms with Gasteiger partial charge in [0.25, 0.3) is 0 Å². The molecule has 12 heavy (non-hydrogen) atoms. The molecule has 0 saturated carbocycles. The molecule has 5 heteroatoms. The molecule has 0 bridgehead atoms. The topological polar surface area (TPSA) is 52.3 Å². The molecule has 3 nitrogen and oxygen atoms in total. The summed E-state index contributed by atoms with van der Waals surface area (Å²) in [5, 5.41) is 0. The van der Waals surface area contributed by atoms with Crippen LogP contribution < -0.4 is 5.73 Å². The van der Waals surface area contributed by atoms with E-state index < -0.39 is 0 Å². The minimum absolute atomic E-state index is 0. The second-order valence-electron chi connectivity index (χ2n) is 2.32. The quantitative estimate of drug-likeness (QED) is 0.694. The Kier molecular flexibility index (Phi) is 11.1. The van der Waals surface area contributed by atoms with Gasteiger partial charge in [-0.2, -0.15) is 11.8 Å². The number of halogens is 1. The Morgan fingerprint density at radius 1 is 1.67 bits per heavy atom. The van der Waals surface area contributed by atoms with Crippen LogP contribution in [-0.4, -0.2) is 31.1 Å². The first-order chi connectivity index (χ1) is 5.20. The molecule has 0 saturated heterocycles. The molecule has 2 N–H and O–H groups in total. The summed E-state index contributed by atoms with van der Waals surface area (Å²) in [7, 11) is 1.38. The molecule has 0 aromatic heterocycles. The van der Waals surface area contributed by atoms with Gasteiger partial charge in [0.1, 0.15) is 0 Å². The molecule has 0 aliphatic carbocycles. The van der Waals surface area contributed by atoms with E-state index in [0.717, 1.165) is 12.2 Å². The molecule has 0 aromatic carbocycles. The van der Waals surface area contributed by atoms with Crippen LogP contribution in [0.25, 0.3) is 0 Å². The van der Waals surface area contributed by atoms with Crippen molar-refractivity contribution in [2.75, 3.05) is 19.1 Å². The minimum atomic E-state index is -0.224. The van der Waals surface area contributed by atoms with E-state index in [1.165, 1.54) is 7.11 Å². The smallest absolute Gasteiger partial charge is 0.307 e. The summed E-state index contributed by atoms with van der Waals surface area (Å²) in [4.78, 5) is 10.7. The molecule has 0 radical (unpaired) electrons.